The summed E-state index contributed by atoms with van der Waals surface area (Å²) < 4.78 is 2.07. The third-order valence-electron chi connectivity index (χ3n) is 3.80. The molecule has 4 nitrogen and oxygen atoms in total. The Kier molecular flexibility index (Phi) is 6.04. The second-order valence-electron chi connectivity index (χ2n) is 5.85. The molecule has 132 valence electrons. The maximum Gasteiger partial charge on any atom is 0.191 e. The third-order valence-corrected chi connectivity index (χ3v) is 4.36. The highest BCUT2D eigenvalue weighted by Gasteiger charge is 2.03. The van der Waals surface area contributed by atoms with E-state index in [9.17, 15) is 0 Å². The molecule has 0 unspecified atom stereocenters. The van der Waals surface area contributed by atoms with E-state index in [-0.39, 0.29) is 0 Å². The Morgan fingerprint density at radius 1 is 1.15 bits per heavy atom. The fourth-order valence-electron chi connectivity index (χ4n) is 2.54. The maximum absolute atomic E-state index is 6.24. The highest BCUT2D eigenvalue weighted by molar-refractivity contribution is 7.80. The smallest absolute Gasteiger partial charge is 0.191 e. The van der Waals surface area contributed by atoms with Crippen molar-refractivity contribution in [3.05, 3.63) is 88.7 Å². The van der Waals surface area contributed by atoms with E-state index in [1.807, 2.05) is 73.8 Å². The predicted octanol–water partition coefficient (Wildman–Crippen LogP) is 4.82. The van der Waals surface area contributed by atoms with Crippen molar-refractivity contribution >= 4 is 40.8 Å². The number of thiocarbonyl (C=S) groups is 1. The van der Waals surface area contributed by atoms with Gasteiger partial charge >= 0.3 is 0 Å². The summed E-state index contributed by atoms with van der Waals surface area (Å²) in [6, 6.07) is 19.8. The molecule has 1 aromatic heterocycles. The van der Waals surface area contributed by atoms with Crippen LogP contribution in [-0.4, -0.2) is 15.9 Å². The lowest BCUT2D eigenvalue weighted by molar-refractivity contribution is 0.799. The lowest BCUT2D eigenvalue weighted by Gasteiger charge is -2.09. The Morgan fingerprint density at radius 2 is 2.00 bits per heavy atom. The molecule has 3 rings (SSSR count). The molecule has 0 bridgehead atoms. The van der Waals surface area contributed by atoms with Crippen molar-refractivity contribution in [1.82, 2.24) is 9.99 Å². The first-order chi connectivity index (χ1) is 12.6. The first kappa shape index (κ1) is 18.2. The van der Waals surface area contributed by atoms with Gasteiger partial charge in [0.2, 0.25) is 0 Å². The average Bonchev–Trinajstić information content (AvgIpc) is 3.04. The number of aromatic nitrogens is 1. The molecule has 0 saturated carbocycles. The van der Waals surface area contributed by atoms with E-state index in [0.29, 0.717) is 11.7 Å². The summed E-state index contributed by atoms with van der Waals surface area (Å²) in [5.74, 6) is 0. The van der Waals surface area contributed by atoms with Gasteiger partial charge in [-0.2, -0.15) is 5.10 Å². The minimum atomic E-state index is 0.441. The molecule has 0 fully saturated rings. The van der Waals surface area contributed by atoms with Crippen molar-refractivity contribution in [2.75, 3.05) is 5.32 Å². The van der Waals surface area contributed by atoms with Crippen molar-refractivity contribution in [3.63, 3.8) is 0 Å². The van der Waals surface area contributed by atoms with Gasteiger partial charge in [-0.3, -0.25) is 5.43 Å². The molecule has 0 aliphatic carbocycles. The number of nitrogens with one attached hydrogen (secondary N) is 2. The topological polar surface area (TPSA) is 41.4 Å². The van der Waals surface area contributed by atoms with Gasteiger partial charge in [-0.25, -0.2) is 0 Å². The van der Waals surface area contributed by atoms with E-state index in [2.05, 4.69) is 20.4 Å². The van der Waals surface area contributed by atoms with Gasteiger partial charge in [-0.05, 0) is 60.6 Å². The molecule has 2 aromatic carbocycles. The second kappa shape index (κ2) is 8.65. The molecule has 1 heterocycles. The molecule has 0 aliphatic heterocycles. The molecule has 0 amide bonds. The Morgan fingerprint density at radius 3 is 2.81 bits per heavy atom. The van der Waals surface area contributed by atoms with Gasteiger partial charge in [0.05, 0.1) is 11.9 Å². The van der Waals surface area contributed by atoms with Crippen LogP contribution in [0.3, 0.4) is 0 Å². The minimum Gasteiger partial charge on any atom is -0.342 e. The van der Waals surface area contributed by atoms with Gasteiger partial charge in [-0.1, -0.05) is 41.9 Å². The van der Waals surface area contributed by atoms with E-state index in [0.717, 1.165) is 22.0 Å². The number of hydrogen-bond acceptors (Lipinski definition) is 2. The summed E-state index contributed by atoms with van der Waals surface area (Å²) in [6.45, 7) is 2.72. The van der Waals surface area contributed by atoms with Crippen LogP contribution in [0.5, 0.6) is 0 Å². The molecule has 0 spiro atoms. The van der Waals surface area contributed by atoms with Gasteiger partial charge in [0, 0.05) is 23.5 Å². The SMILES string of the molecule is Cc1cccc(NC(=S)N/N=C/c2cccn2Cc2ccccc2Cl)c1. The van der Waals surface area contributed by atoms with E-state index >= 15 is 0 Å². The van der Waals surface area contributed by atoms with Gasteiger partial charge in [0.1, 0.15) is 0 Å². The van der Waals surface area contributed by atoms with Crippen LogP contribution < -0.4 is 10.7 Å². The Bertz CT molecular complexity index is 933. The number of hydrogen-bond donors (Lipinski definition) is 2. The number of hydrazone groups is 1. The summed E-state index contributed by atoms with van der Waals surface area (Å²) in [5.41, 5.74) is 6.95. The highest BCUT2D eigenvalue weighted by atomic mass is 35.5. The number of aryl methyl sites for hydroxylation is 1. The first-order valence-electron chi connectivity index (χ1n) is 8.17. The van der Waals surface area contributed by atoms with Crippen molar-refractivity contribution in [2.45, 2.75) is 13.5 Å². The zero-order valence-electron chi connectivity index (χ0n) is 14.3. The molecule has 3 aromatic rings. The zero-order chi connectivity index (χ0) is 18.4. The van der Waals surface area contributed by atoms with Crippen LogP contribution in [0.4, 0.5) is 5.69 Å². The van der Waals surface area contributed by atoms with E-state index in [1.165, 1.54) is 5.56 Å². The van der Waals surface area contributed by atoms with Crippen molar-refractivity contribution in [3.8, 4) is 0 Å². The quantitative estimate of drug-likeness (QED) is 0.377. The Labute approximate surface area is 163 Å². The molecule has 2 N–H and O–H groups in total. The van der Waals surface area contributed by atoms with Crippen LogP contribution >= 0.6 is 23.8 Å². The van der Waals surface area contributed by atoms with Gasteiger partial charge in [0.25, 0.3) is 0 Å². The fourth-order valence-corrected chi connectivity index (χ4v) is 2.90. The molecule has 0 radical (unpaired) electrons. The highest BCUT2D eigenvalue weighted by Crippen LogP contribution is 2.17. The number of nitrogens with zero attached hydrogens (tertiary/aromatic N) is 2. The van der Waals surface area contributed by atoms with Crippen LogP contribution in [0.15, 0.2) is 72.0 Å². The van der Waals surface area contributed by atoms with E-state index in [4.69, 9.17) is 23.8 Å². The monoisotopic (exact) mass is 382 g/mol. The van der Waals surface area contributed by atoms with Crippen molar-refractivity contribution in [1.29, 1.82) is 0 Å². The maximum atomic E-state index is 6.24. The summed E-state index contributed by atoms with van der Waals surface area (Å²) >= 11 is 11.5. The van der Waals surface area contributed by atoms with Gasteiger partial charge in [0.15, 0.2) is 5.11 Å². The van der Waals surface area contributed by atoms with Crippen LogP contribution in [0.2, 0.25) is 5.02 Å². The molecular weight excluding hydrogens is 364 g/mol. The van der Waals surface area contributed by atoms with Crippen molar-refractivity contribution in [2.24, 2.45) is 5.10 Å². The van der Waals surface area contributed by atoms with Gasteiger partial charge in [-0.15, -0.1) is 0 Å². The lowest BCUT2D eigenvalue weighted by atomic mass is 10.2. The van der Waals surface area contributed by atoms with E-state index in [1.54, 1.807) is 6.21 Å². The van der Waals surface area contributed by atoms with Crippen molar-refractivity contribution < 1.29 is 0 Å². The zero-order valence-corrected chi connectivity index (χ0v) is 15.9. The number of benzene rings is 2. The van der Waals surface area contributed by atoms with E-state index < -0.39 is 0 Å². The number of halogens is 1. The molecule has 26 heavy (non-hydrogen) atoms. The summed E-state index contributed by atoms with van der Waals surface area (Å²) in [6.07, 6.45) is 3.73. The predicted molar refractivity (Wildman–Crippen MR) is 113 cm³/mol. The van der Waals surface area contributed by atoms with Crippen LogP contribution in [0, 0.1) is 6.92 Å². The Hall–Kier alpha value is -2.63. The first-order valence-corrected chi connectivity index (χ1v) is 8.96. The molecule has 0 aliphatic rings. The van der Waals surface area contributed by atoms with Crippen LogP contribution in [0.25, 0.3) is 0 Å². The molecule has 0 saturated heterocycles. The van der Waals surface area contributed by atoms with Crippen LogP contribution in [-0.2, 0) is 6.54 Å². The molecule has 0 atom stereocenters. The fraction of sp³-hybridized carbons (Fsp3) is 0.100. The Balaban J connectivity index is 1.60. The average molecular weight is 383 g/mol. The minimum absolute atomic E-state index is 0.441. The second-order valence-corrected chi connectivity index (χ2v) is 6.66. The molecule has 6 heteroatoms. The normalized spacial score (nSPS) is 10.8. The lowest BCUT2D eigenvalue weighted by Crippen LogP contribution is -2.24. The summed E-state index contributed by atoms with van der Waals surface area (Å²) in [5, 5.41) is 8.53. The third kappa shape index (κ3) is 4.94. The largest absolute Gasteiger partial charge is 0.342 e. The number of anilines is 1. The molecular formula is C20H19ClN4S. The van der Waals surface area contributed by atoms with Gasteiger partial charge < -0.3 is 9.88 Å². The number of rotatable bonds is 5. The summed E-state index contributed by atoms with van der Waals surface area (Å²) in [4.78, 5) is 0. The summed E-state index contributed by atoms with van der Waals surface area (Å²) in [7, 11) is 0. The standard InChI is InChI=1S/C20H19ClN4S/c1-15-6-4-8-17(12-15)23-20(26)24-22-13-18-9-5-11-25(18)14-16-7-2-3-10-19(16)21/h2-13H,14H2,1H3,(H2,23,24,26)/b22-13+. The van der Waals surface area contributed by atoms with Crippen LogP contribution in [0.1, 0.15) is 16.8 Å².